The van der Waals surface area contributed by atoms with Crippen LogP contribution in [0.4, 0.5) is 5.69 Å². The molecule has 1 aromatic rings. The highest BCUT2D eigenvalue weighted by Gasteiger charge is 2.18. The SMILES string of the molecule is N#Cc1cc(C(O)C(O)CCN)ccc1N. The Labute approximate surface area is 93.9 Å². The molecule has 0 aromatic heterocycles. The summed E-state index contributed by atoms with van der Waals surface area (Å²) in [6.45, 7) is 0.290. The second kappa shape index (κ2) is 5.47. The third kappa shape index (κ3) is 2.70. The first-order chi connectivity index (χ1) is 7.60. The first-order valence-corrected chi connectivity index (χ1v) is 4.96. The molecule has 0 bridgehead atoms. The molecule has 2 unspecified atom stereocenters. The summed E-state index contributed by atoms with van der Waals surface area (Å²) in [5.41, 5.74) is 11.9. The van der Waals surface area contributed by atoms with Crippen LogP contribution < -0.4 is 11.5 Å². The van der Waals surface area contributed by atoms with Crippen LogP contribution in [0.1, 0.15) is 23.7 Å². The van der Waals surface area contributed by atoms with Crippen LogP contribution >= 0.6 is 0 Å². The number of nitrogens with zero attached hydrogens (tertiary/aromatic N) is 1. The molecule has 0 saturated heterocycles. The van der Waals surface area contributed by atoms with Gasteiger partial charge in [-0.2, -0.15) is 5.26 Å². The normalized spacial score (nSPS) is 14.1. The lowest BCUT2D eigenvalue weighted by molar-refractivity contribution is 0.0150. The van der Waals surface area contributed by atoms with Gasteiger partial charge in [0, 0.05) is 5.69 Å². The van der Waals surface area contributed by atoms with Gasteiger partial charge in [0.05, 0.1) is 11.7 Å². The number of benzene rings is 1. The van der Waals surface area contributed by atoms with E-state index in [2.05, 4.69) is 0 Å². The average molecular weight is 221 g/mol. The highest BCUT2D eigenvalue weighted by molar-refractivity contribution is 5.55. The maximum atomic E-state index is 9.78. The van der Waals surface area contributed by atoms with Gasteiger partial charge in [0.25, 0.3) is 0 Å². The van der Waals surface area contributed by atoms with Gasteiger partial charge < -0.3 is 21.7 Å². The van der Waals surface area contributed by atoms with E-state index in [1.54, 1.807) is 6.07 Å². The number of hydrogen-bond acceptors (Lipinski definition) is 5. The van der Waals surface area contributed by atoms with Crippen LogP contribution in [0.25, 0.3) is 0 Å². The van der Waals surface area contributed by atoms with Crippen molar-refractivity contribution in [2.45, 2.75) is 18.6 Å². The zero-order chi connectivity index (χ0) is 12.1. The molecule has 1 aromatic carbocycles. The summed E-state index contributed by atoms with van der Waals surface area (Å²) in [4.78, 5) is 0. The summed E-state index contributed by atoms with van der Waals surface area (Å²) in [5, 5.41) is 28.1. The van der Waals surface area contributed by atoms with Crippen LogP contribution in [-0.4, -0.2) is 22.9 Å². The molecule has 0 amide bonds. The van der Waals surface area contributed by atoms with Crippen LogP contribution in [0.15, 0.2) is 18.2 Å². The average Bonchev–Trinajstić information content (AvgIpc) is 2.29. The van der Waals surface area contributed by atoms with Crippen molar-refractivity contribution in [1.29, 1.82) is 5.26 Å². The van der Waals surface area contributed by atoms with Crippen LogP contribution in [-0.2, 0) is 0 Å². The molecule has 0 spiro atoms. The molecule has 1 rings (SSSR count). The van der Waals surface area contributed by atoms with E-state index in [0.717, 1.165) is 0 Å². The van der Waals surface area contributed by atoms with Crippen LogP contribution in [0.2, 0.25) is 0 Å². The number of aliphatic hydroxyl groups is 2. The van der Waals surface area contributed by atoms with Crippen molar-refractivity contribution in [2.75, 3.05) is 12.3 Å². The highest BCUT2D eigenvalue weighted by Crippen LogP contribution is 2.22. The zero-order valence-corrected chi connectivity index (χ0v) is 8.80. The van der Waals surface area contributed by atoms with Gasteiger partial charge in [0.1, 0.15) is 12.2 Å². The Hall–Kier alpha value is -1.61. The van der Waals surface area contributed by atoms with E-state index < -0.39 is 12.2 Å². The van der Waals surface area contributed by atoms with Crippen molar-refractivity contribution in [3.63, 3.8) is 0 Å². The summed E-state index contributed by atoms with van der Waals surface area (Å²) in [6.07, 6.45) is -1.68. The fourth-order valence-corrected chi connectivity index (χ4v) is 1.41. The molecule has 0 aliphatic rings. The number of hydrogen-bond donors (Lipinski definition) is 4. The van der Waals surface area contributed by atoms with E-state index in [4.69, 9.17) is 16.7 Å². The second-order valence-electron chi connectivity index (χ2n) is 3.55. The largest absolute Gasteiger partial charge is 0.398 e. The summed E-state index contributed by atoms with van der Waals surface area (Å²) in [6, 6.07) is 6.51. The lowest BCUT2D eigenvalue weighted by Crippen LogP contribution is -2.21. The fourth-order valence-electron chi connectivity index (χ4n) is 1.41. The van der Waals surface area contributed by atoms with Gasteiger partial charge in [0.15, 0.2) is 0 Å². The van der Waals surface area contributed by atoms with Crippen LogP contribution in [0, 0.1) is 11.3 Å². The van der Waals surface area contributed by atoms with Crippen molar-refractivity contribution in [2.24, 2.45) is 5.73 Å². The molecule has 0 saturated carbocycles. The molecule has 0 aliphatic carbocycles. The van der Waals surface area contributed by atoms with E-state index >= 15 is 0 Å². The second-order valence-corrected chi connectivity index (χ2v) is 3.55. The Bertz CT molecular complexity index is 401. The topological polar surface area (TPSA) is 116 Å². The summed E-state index contributed by atoms with van der Waals surface area (Å²) >= 11 is 0. The molecule has 6 N–H and O–H groups in total. The van der Waals surface area contributed by atoms with E-state index in [0.29, 0.717) is 17.7 Å². The van der Waals surface area contributed by atoms with Crippen molar-refractivity contribution >= 4 is 5.69 Å². The third-order valence-corrected chi connectivity index (χ3v) is 2.37. The summed E-state index contributed by atoms with van der Waals surface area (Å²) in [5.74, 6) is 0. The molecule has 5 heteroatoms. The summed E-state index contributed by atoms with van der Waals surface area (Å²) in [7, 11) is 0. The van der Waals surface area contributed by atoms with E-state index in [-0.39, 0.29) is 12.1 Å². The Balaban J connectivity index is 2.92. The molecule has 5 nitrogen and oxygen atoms in total. The molecule has 86 valence electrons. The van der Waals surface area contributed by atoms with Gasteiger partial charge in [-0.25, -0.2) is 0 Å². The lowest BCUT2D eigenvalue weighted by Gasteiger charge is -2.17. The van der Waals surface area contributed by atoms with E-state index in [1.807, 2.05) is 6.07 Å². The minimum atomic E-state index is -1.05. The van der Waals surface area contributed by atoms with Crippen LogP contribution in [0.5, 0.6) is 0 Å². The smallest absolute Gasteiger partial charge is 0.105 e. The van der Waals surface area contributed by atoms with Gasteiger partial charge in [-0.15, -0.1) is 0 Å². The van der Waals surface area contributed by atoms with Crippen LogP contribution in [0.3, 0.4) is 0 Å². The number of aliphatic hydroxyl groups excluding tert-OH is 2. The summed E-state index contributed by atoms with van der Waals surface area (Å²) < 4.78 is 0. The third-order valence-electron chi connectivity index (χ3n) is 2.37. The first kappa shape index (κ1) is 12.5. The zero-order valence-electron chi connectivity index (χ0n) is 8.80. The Morgan fingerprint density at radius 3 is 2.62 bits per heavy atom. The molecule has 0 aliphatic heterocycles. The predicted molar refractivity (Wildman–Crippen MR) is 60.2 cm³/mol. The van der Waals surface area contributed by atoms with Gasteiger partial charge in [0.2, 0.25) is 0 Å². The van der Waals surface area contributed by atoms with E-state index in [1.165, 1.54) is 12.1 Å². The minimum absolute atomic E-state index is 0.288. The fraction of sp³-hybridized carbons (Fsp3) is 0.364. The van der Waals surface area contributed by atoms with E-state index in [9.17, 15) is 10.2 Å². The standard InChI is InChI=1S/C11H15N3O2/c12-4-3-10(15)11(16)7-1-2-9(14)8(5-7)6-13/h1-2,5,10-11,15-16H,3-4,12,14H2. The van der Waals surface area contributed by atoms with Gasteiger partial charge in [-0.3, -0.25) is 0 Å². The molecule has 2 atom stereocenters. The predicted octanol–water partition coefficient (Wildman–Crippen LogP) is -0.116. The van der Waals surface area contributed by atoms with Gasteiger partial charge >= 0.3 is 0 Å². The number of nitrogens with two attached hydrogens (primary N) is 2. The Morgan fingerprint density at radius 2 is 2.06 bits per heavy atom. The molecular weight excluding hydrogens is 206 g/mol. The lowest BCUT2D eigenvalue weighted by atomic mass is 9.99. The Morgan fingerprint density at radius 1 is 1.38 bits per heavy atom. The first-order valence-electron chi connectivity index (χ1n) is 4.96. The highest BCUT2D eigenvalue weighted by atomic mass is 16.3. The molecular formula is C11H15N3O2. The van der Waals surface area contributed by atoms with Crippen molar-refractivity contribution in [3.05, 3.63) is 29.3 Å². The number of rotatable bonds is 4. The van der Waals surface area contributed by atoms with Crippen molar-refractivity contribution < 1.29 is 10.2 Å². The Kier molecular flexibility index (Phi) is 4.26. The maximum Gasteiger partial charge on any atom is 0.105 e. The van der Waals surface area contributed by atoms with Crippen molar-refractivity contribution in [1.82, 2.24) is 0 Å². The number of nitriles is 1. The monoisotopic (exact) mass is 221 g/mol. The minimum Gasteiger partial charge on any atom is -0.398 e. The van der Waals surface area contributed by atoms with Gasteiger partial charge in [-0.1, -0.05) is 6.07 Å². The molecule has 16 heavy (non-hydrogen) atoms. The van der Waals surface area contributed by atoms with Gasteiger partial charge in [-0.05, 0) is 30.7 Å². The molecule has 0 heterocycles. The molecule has 0 radical (unpaired) electrons. The molecule has 0 fully saturated rings. The number of nitrogen functional groups attached to an aromatic ring is 1. The quantitative estimate of drug-likeness (QED) is 0.529. The maximum absolute atomic E-state index is 9.78. The number of anilines is 1. The van der Waals surface area contributed by atoms with Crippen molar-refractivity contribution in [3.8, 4) is 6.07 Å².